The number of halogens is 2. The molecule has 8 aromatic rings. The fourth-order valence-electron chi connectivity index (χ4n) is 7.40. The molecule has 0 aromatic heterocycles. The number of nitrogens with zero attached hydrogens (tertiary/aromatic N) is 2. The first kappa shape index (κ1) is 35.6. The van der Waals surface area contributed by atoms with Crippen LogP contribution in [0, 0.1) is 27.7 Å². The van der Waals surface area contributed by atoms with Gasteiger partial charge in [-0.3, -0.25) is 0 Å². The van der Waals surface area contributed by atoms with Crippen molar-refractivity contribution < 1.29 is 0 Å². The van der Waals surface area contributed by atoms with E-state index in [1.807, 2.05) is 0 Å². The smallest absolute Gasteiger partial charge is 0.0468 e. The summed E-state index contributed by atoms with van der Waals surface area (Å²) < 4.78 is 2.17. The highest BCUT2D eigenvalue weighted by Crippen LogP contribution is 2.39. The van der Waals surface area contributed by atoms with Gasteiger partial charge in [0, 0.05) is 43.1 Å². The van der Waals surface area contributed by atoms with Crippen LogP contribution < -0.4 is 9.80 Å². The second kappa shape index (κ2) is 15.1. The zero-order chi connectivity index (χ0) is 37.3. The van der Waals surface area contributed by atoms with Gasteiger partial charge in [0.15, 0.2) is 0 Å². The molecule has 0 aliphatic rings. The quantitative estimate of drug-likeness (QED) is 0.141. The molecule has 4 heteroatoms. The molecule has 0 bridgehead atoms. The largest absolute Gasteiger partial charge is 0.310 e. The van der Waals surface area contributed by atoms with Gasteiger partial charge in [-0.05, 0) is 180 Å². The Morgan fingerprint density at radius 3 is 1.00 bits per heavy atom. The average Bonchev–Trinajstić information content (AvgIpc) is 3.14. The summed E-state index contributed by atoms with van der Waals surface area (Å²) in [6, 6.07) is 57.5. The van der Waals surface area contributed by atoms with Gasteiger partial charge in [-0.1, -0.05) is 105 Å². The van der Waals surface area contributed by atoms with E-state index in [0.29, 0.717) is 0 Å². The summed E-state index contributed by atoms with van der Waals surface area (Å²) in [5, 5.41) is 4.83. The second-order valence-corrected chi connectivity index (χ2v) is 16.1. The lowest BCUT2D eigenvalue weighted by Crippen LogP contribution is -2.10. The van der Waals surface area contributed by atoms with Crippen molar-refractivity contribution >= 4 is 99.7 Å². The van der Waals surface area contributed by atoms with Crippen LogP contribution in [-0.4, -0.2) is 0 Å². The molecule has 0 saturated carbocycles. The monoisotopic (exact) mass is 826 g/mol. The normalized spacial score (nSPS) is 11.4. The molecule has 0 fully saturated rings. The van der Waals surface area contributed by atoms with Crippen LogP contribution in [0.4, 0.5) is 34.1 Å². The minimum absolute atomic E-state index is 1.09. The predicted molar refractivity (Wildman–Crippen MR) is 241 cm³/mol. The number of rotatable bonds is 8. The third-order valence-corrected chi connectivity index (χ3v) is 10.8. The highest BCUT2D eigenvalue weighted by molar-refractivity contribution is 9.10. The first-order valence-corrected chi connectivity index (χ1v) is 19.8. The van der Waals surface area contributed by atoms with E-state index in [1.54, 1.807) is 0 Å². The molecule has 54 heavy (non-hydrogen) atoms. The van der Waals surface area contributed by atoms with Gasteiger partial charge >= 0.3 is 0 Å². The van der Waals surface area contributed by atoms with E-state index in [1.165, 1.54) is 43.8 Å². The van der Waals surface area contributed by atoms with Gasteiger partial charge in [-0.25, -0.2) is 0 Å². The molecule has 0 unspecified atom stereocenters. The number of anilines is 6. The lowest BCUT2D eigenvalue weighted by Gasteiger charge is -2.27. The summed E-state index contributed by atoms with van der Waals surface area (Å²) in [6.45, 7) is 8.65. The van der Waals surface area contributed by atoms with Crippen molar-refractivity contribution in [1.82, 2.24) is 0 Å². The number of aryl methyl sites for hydroxylation is 4. The highest BCUT2D eigenvalue weighted by Gasteiger charge is 2.16. The Morgan fingerprint density at radius 1 is 0.315 bits per heavy atom. The lowest BCUT2D eigenvalue weighted by atomic mass is 10.1. The molecule has 0 N–H and O–H groups in total. The molecule has 8 aromatic carbocycles. The minimum Gasteiger partial charge on any atom is -0.310 e. The molecule has 0 atom stereocenters. The summed E-state index contributed by atoms with van der Waals surface area (Å²) in [4.78, 5) is 4.70. The topological polar surface area (TPSA) is 6.48 Å². The molecule has 8 rings (SSSR count). The third-order valence-electron chi connectivity index (χ3n) is 9.79. The van der Waals surface area contributed by atoms with Crippen molar-refractivity contribution in [3.63, 3.8) is 0 Å². The number of hydrogen-bond acceptors (Lipinski definition) is 2. The van der Waals surface area contributed by atoms with E-state index in [4.69, 9.17) is 0 Å². The highest BCUT2D eigenvalue weighted by atomic mass is 79.9. The Kier molecular flexibility index (Phi) is 9.98. The van der Waals surface area contributed by atoms with Crippen molar-refractivity contribution in [3.8, 4) is 0 Å². The SMILES string of the molecule is Cc1cc(C)cc(N(c2ccc(C=Cc3ccc(N(c4cc(C)cc(C)c4)c4ccc5cc(Br)ccc5c4)cc3)cc2)c2ccc3cc(Br)ccc3c2)c1. The maximum Gasteiger partial charge on any atom is 0.0468 e. The van der Waals surface area contributed by atoms with Crippen LogP contribution in [0.5, 0.6) is 0 Å². The first-order valence-electron chi connectivity index (χ1n) is 18.2. The first-order chi connectivity index (χ1) is 26.1. The van der Waals surface area contributed by atoms with Crippen LogP contribution in [0.25, 0.3) is 33.7 Å². The molecule has 0 heterocycles. The molecule has 0 amide bonds. The Hall–Kier alpha value is -5.42. The van der Waals surface area contributed by atoms with Gasteiger partial charge in [0.25, 0.3) is 0 Å². The molecule has 0 aliphatic carbocycles. The Morgan fingerprint density at radius 2 is 0.630 bits per heavy atom. The van der Waals surface area contributed by atoms with Crippen LogP contribution in [0.15, 0.2) is 167 Å². The molecule has 0 radical (unpaired) electrons. The van der Waals surface area contributed by atoms with E-state index >= 15 is 0 Å². The standard InChI is InChI=1S/C50H40Br2N2/c1-33-23-34(2)26-49(25-33)53(47-21-13-39-29-43(51)15-11-41(39)31-47)45-17-7-37(8-18-45)5-6-38-9-19-46(20-10-38)54(50-27-35(3)24-36(4)28-50)48-22-14-40-30-44(52)16-12-42(40)32-48/h5-32H,1-4H3. The molecule has 264 valence electrons. The van der Waals surface area contributed by atoms with Crippen molar-refractivity contribution in [2.45, 2.75) is 27.7 Å². The van der Waals surface area contributed by atoms with Crippen molar-refractivity contribution in [1.29, 1.82) is 0 Å². The summed E-state index contributed by atoms with van der Waals surface area (Å²) in [7, 11) is 0. The van der Waals surface area contributed by atoms with Gasteiger partial charge in [0.2, 0.25) is 0 Å². The Labute approximate surface area is 335 Å². The van der Waals surface area contributed by atoms with Crippen molar-refractivity contribution in [2.24, 2.45) is 0 Å². The fraction of sp³-hybridized carbons (Fsp3) is 0.0800. The summed E-state index contributed by atoms with van der Waals surface area (Å²) in [5.41, 5.74) is 14.1. The van der Waals surface area contributed by atoms with Gasteiger partial charge in [-0.2, -0.15) is 0 Å². The zero-order valence-corrected chi connectivity index (χ0v) is 34.0. The molecule has 0 spiro atoms. The van der Waals surface area contributed by atoms with Crippen LogP contribution in [-0.2, 0) is 0 Å². The number of hydrogen-bond donors (Lipinski definition) is 0. The van der Waals surface area contributed by atoms with Crippen LogP contribution in [0.2, 0.25) is 0 Å². The van der Waals surface area contributed by atoms with E-state index in [2.05, 4.69) is 239 Å². The molecular weight excluding hydrogens is 788 g/mol. The molecule has 0 aliphatic heterocycles. The Bertz CT molecular complexity index is 2450. The lowest BCUT2D eigenvalue weighted by molar-refractivity contribution is 1.26. The summed E-state index contributed by atoms with van der Waals surface area (Å²) >= 11 is 7.25. The maximum absolute atomic E-state index is 3.62. The van der Waals surface area contributed by atoms with Gasteiger partial charge < -0.3 is 9.80 Å². The molecule has 2 nitrogen and oxygen atoms in total. The van der Waals surface area contributed by atoms with Crippen LogP contribution in [0.1, 0.15) is 33.4 Å². The van der Waals surface area contributed by atoms with Crippen LogP contribution in [0.3, 0.4) is 0 Å². The van der Waals surface area contributed by atoms with E-state index in [-0.39, 0.29) is 0 Å². The molecular formula is C50H40Br2N2. The summed E-state index contributed by atoms with van der Waals surface area (Å²) in [5.74, 6) is 0. The average molecular weight is 829 g/mol. The third kappa shape index (κ3) is 7.77. The van der Waals surface area contributed by atoms with Crippen molar-refractivity contribution in [3.05, 3.63) is 200 Å². The molecule has 0 saturated heterocycles. The fourth-order valence-corrected chi connectivity index (χ4v) is 8.16. The van der Waals surface area contributed by atoms with Gasteiger partial charge in [-0.15, -0.1) is 0 Å². The van der Waals surface area contributed by atoms with Gasteiger partial charge in [0.1, 0.15) is 0 Å². The van der Waals surface area contributed by atoms with E-state index in [9.17, 15) is 0 Å². The van der Waals surface area contributed by atoms with Crippen molar-refractivity contribution in [2.75, 3.05) is 9.80 Å². The predicted octanol–water partition coefficient (Wildman–Crippen LogP) is 15.9. The maximum atomic E-state index is 3.62. The van der Waals surface area contributed by atoms with E-state index in [0.717, 1.165) is 54.2 Å². The zero-order valence-electron chi connectivity index (χ0n) is 30.8. The second-order valence-electron chi connectivity index (χ2n) is 14.2. The van der Waals surface area contributed by atoms with E-state index < -0.39 is 0 Å². The number of benzene rings is 8. The van der Waals surface area contributed by atoms with Gasteiger partial charge in [0.05, 0.1) is 0 Å². The summed E-state index contributed by atoms with van der Waals surface area (Å²) in [6.07, 6.45) is 4.38. The number of fused-ring (bicyclic) bond motifs is 2. The minimum atomic E-state index is 1.09. The van der Waals surface area contributed by atoms with Crippen LogP contribution >= 0.6 is 31.9 Å². The Balaban J connectivity index is 1.08.